The standard InChI is InChI=1S/C22H25N5O2/c28-15-13-23-11-12-24-20(29)10-5-14-27-19-9-4-1-6-16(19)21-22(27)26-18-8-3-2-7-17(18)25-21/h1-4,6-9,23,28H,5,10-15H2,(H,24,29). The number of carbonyl (C=O) groups is 1. The van der Waals surface area contributed by atoms with Crippen LogP contribution >= 0.6 is 0 Å². The van der Waals surface area contributed by atoms with E-state index in [-0.39, 0.29) is 12.5 Å². The van der Waals surface area contributed by atoms with E-state index in [1.165, 1.54) is 0 Å². The van der Waals surface area contributed by atoms with Crippen LogP contribution in [-0.4, -0.2) is 51.8 Å². The molecule has 7 heteroatoms. The number of aryl methyl sites for hydroxylation is 1. The second kappa shape index (κ2) is 8.98. The summed E-state index contributed by atoms with van der Waals surface area (Å²) >= 11 is 0. The molecule has 3 N–H and O–H groups in total. The van der Waals surface area contributed by atoms with Crippen LogP contribution in [0.2, 0.25) is 0 Å². The maximum Gasteiger partial charge on any atom is 0.220 e. The summed E-state index contributed by atoms with van der Waals surface area (Å²) in [7, 11) is 0. The average Bonchev–Trinajstić information content (AvgIpc) is 3.05. The number of fused-ring (bicyclic) bond motifs is 4. The lowest BCUT2D eigenvalue weighted by Gasteiger charge is -2.08. The number of rotatable bonds is 9. The second-order valence-corrected chi connectivity index (χ2v) is 6.98. The van der Waals surface area contributed by atoms with Crippen LogP contribution in [0.1, 0.15) is 12.8 Å². The molecule has 2 aromatic heterocycles. The zero-order valence-electron chi connectivity index (χ0n) is 16.3. The summed E-state index contributed by atoms with van der Waals surface area (Å²) in [6.07, 6.45) is 1.17. The first-order valence-corrected chi connectivity index (χ1v) is 10.00. The van der Waals surface area contributed by atoms with E-state index in [0.29, 0.717) is 32.6 Å². The summed E-state index contributed by atoms with van der Waals surface area (Å²) in [6.45, 7) is 2.56. The van der Waals surface area contributed by atoms with Crippen LogP contribution in [0.4, 0.5) is 0 Å². The highest BCUT2D eigenvalue weighted by Crippen LogP contribution is 2.28. The van der Waals surface area contributed by atoms with Crippen LogP contribution in [0.25, 0.3) is 33.1 Å². The SMILES string of the molecule is O=C(CCCn1c2ccccc2c2nc3ccccc3nc21)NCCNCCO. The number of amides is 1. The zero-order valence-corrected chi connectivity index (χ0v) is 16.3. The van der Waals surface area contributed by atoms with Gasteiger partial charge in [0.2, 0.25) is 5.91 Å². The molecule has 0 aliphatic heterocycles. The van der Waals surface area contributed by atoms with Gasteiger partial charge in [0.1, 0.15) is 5.52 Å². The van der Waals surface area contributed by atoms with Gasteiger partial charge in [0.25, 0.3) is 0 Å². The van der Waals surface area contributed by atoms with Crippen LogP contribution in [0, 0.1) is 0 Å². The van der Waals surface area contributed by atoms with Gasteiger partial charge in [0.05, 0.1) is 23.2 Å². The molecule has 1 amide bonds. The third-order valence-corrected chi connectivity index (χ3v) is 4.96. The summed E-state index contributed by atoms with van der Waals surface area (Å²) in [6, 6.07) is 16.1. The van der Waals surface area contributed by atoms with Crippen LogP contribution in [-0.2, 0) is 11.3 Å². The van der Waals surface area contributed by atoms with Crippen molar-refractivity contribution < 1.29 is 9.90 Å². The minimum Gasteiger partial charge on any atom is -0.395 e. The number of aliphatic hydroxyl groups is 1. The Balaban J connectivity index is 1.50. The van der Waals surface area contributed by atoms with Crippen molar-refractivity contribution in [3.8, 4) is 0 Å². The van der Waals surface area contributed by atoms with Crippen LogP contribution in [0.15, 0.2) is 48.5 Å². The lowest BCUT2D eigenvalue weighted by molar-refractivity contribution is -0.121. The van der Waals surface area contributed by atoms with Gasteiger partial charge in [-0.2, -0.15) is 0 Å². The quantitative estimate of drug-likeness (QED) is 0.381. The number of hydrogen-bond acceptors (Lipinski definition) is 5. The maximum absolute atomic E-state index is 12.1. The second-order valence-electron chi connectivity index (χ2n) is 6.98. The largest absolute Gasteiger partial charge is 0.395 e. The summed E-state index contributed by atoms with van der Waals surface area (Å²) in [5, 5.41) is 15.8. The van der Waals surface area contributed by atoms with Crippen molar-refractivity contribution in [3.63, 3.8) is 0 Å². The van der Waals surface area contributed by atoms with E-state index in [0.717, 1.165) is 39.5 Å². The molecule has 0 aliphatic rings. The fourth-order valence-electron chi connectivity index (χ4n) is 3.59. The van der Waals surface area contributed by atoms with Gasteiger partial charge in [-0.25, -0.2) is 9.97 Å². The van der Waals surface area contributed by atoms with E-state index in [4.69, 9.17) is 15.1 Å². The Bertz CT molecular complexity index is 1140. The van der Waals surface area contributed by atoms with Gasteiger partial charge >= 0.3 is 0 Å². The third-order valence-electron chi connectivity index (χ3n) is 4.96. The minimum absolute atomic E-state index is 0.0353. The molecule has 2 aromatic carbocycles. The highest BCUT2D eigenvalue weighted by atomic mass is 16.3. The summed E-state index contributed by atoms with van der Waals surface area (Å²) in [5.41, 5.74) is 4.61. The zero-order chi connectivity index (χ0) is 20.1. The fourth-order valence-corrected chi connectivity index (χ4v) is 3.59. The Morgan fingerprint density at radius 2 is 1.72 bits per heavy atom. The van der Waals surface area contributed by atoms with Crippen molar-refractivity contribution in [2.24, 2.45) is 0 Å². The first-order valence-electron chi connectivity index (χ1n) is 10.00. The van der Waals surface area contributed by atoms with E-state index in [9.17, 15) is 4.79 Å². The lowest BCUT2D eigenvalue weighted by Crippen LogP contribution is -2.32. The minimum atomic E-state index is 0.0353. The normalized spacial score (nSPS) is 11.5. The monoisotopic (exact) mass is 391 g/mol. The Morgan fingerprint density at radius 1 is 0.966 bits per heavy atom. The molecular weight excluding hydrogens is 366 g/mol. The molecule has 0 radical (unpaired) electrons. The number of benzene rings is 2. The Kier molecular flexibility index (Phi) is 5.97. The predicted molar refractivity (Wildman–Crippen MR) is 115 cm³/mol. The summed E-state index contributed by atoms with van der Waals surface area (Å²) < 4.78 is 2.17. The first kappa shape index (κ1) is 19.3. The summed E-state index contributed by atoms with van der Waals surface area (Å²) in [5.74, 6) is 0.0353. The van der Waals surface area contributed by atoms with E-state index >= 15 is 0 Å². The molecule has 0 atom stereocenters. The van der Waals surface area contributed by atoms with E-state index < -0.39 is 0 Å². The van der Waals surface area contributed by atoms with E-state index in [2.05, 4.69) is 27.3 Å². The number of para-hydroxylation sites is 3. The van der Waals surface area contributed by atoms with Crippen molar-refractivity contribution in [2.45, 2.75) is 19.4 Å². The van der Waals surface area contributed by atoms with Gasteiger partial charge in [0, 0.05) is 38.0 Å². The number of carbonyl (C=O) groups excluding carboxylic acids is 1. The topological polar surface area (TPSA) is 92.1 Å². The number of aliphatic hydroxyl groups excluding tert-OH is 1. The molecular formula is C22H25N5O2. The van der Waals surface area contributed by atoms with Crippen LogP contribution in [0.3, 0.4) is 0 Å². The molecule has 0 spiro atoms. The molecule has 2 heterocycles. The van der Waals surface area contributed by atoms with Crippen molar-refractivity contribution >= 4 is 39.0 Å². The molecule has 0 unspecified atom stereocenters. The molecule has 150 valence electrons. The lowest BCUT2D eigenvalue weighted by atomic mass is 10.2. The Morgan fingerprint density at radius 3 is 2.55 bits per heavy atom. The molecule has 4 aromatic rings. The van der Waals surface area contributed by atoms with Crippen molar-refractivity contribution in [1.82, 2.24) is 25.2 Å². The van der Waals surface area contributed by atoms with Crippen LogP contribution < -0.4 is 10.6 Å². The molecule has 0 saturated heterocycles. The van der Waals surface area contributed by atoms with Crippen LogP contribution in [0.5, 0.6) is 0 Å². The number of nitrogens with zero attached hydrogens (tertiary/aromatic N) is 3. The van der Waals surface area contributed by atoms with Crippen molar-refractivity contribution in [1.29, 1.82) is 0 Å². The van der Waals surface area contributed by atoms with Crippen molar-refractivity contribution in [3.05, 3.63) is 48.5 Å². The highest BCUT2D eigenvalue weighted by Gasteiger charge is 2.14. The first-order chi connectivity index (χ1) is 14.3. The van der Waals surface area contributed by atoms with Gasteiger partial charge in [-0.3, -0.25) is 4.79 Å². The smallest absolute Gasteiger partial charge is 0.220 e. The van der Waals surface area contributed by atoms with Gasteiger partial charge in [-0.05, 0) is 24.6 Å². The van der Waals surface area contributed by atoms with E-state index in [1.807, 2.05) is 36.4 Å². The van der Waals surface area contributed by atoms with Gasteiger partial charge in [0.15, 0.2) is 5.65 Å². The average molecular weight is 391 g/mol. The number of hydrogen-bond donors (Lipinski definition) is 3. The van der Waals surface area contributed by atoms with Crippen molar-refractivity contribution in [2.75, 3.05) is 26.2 Å². The molecule has 4 rings (SSSR count). The predicted octanol–water partition coefficient (Wildman–Crippen LogP) is 2.22. The van der Waals surface area contributed by atoms with E-state index in [1.54, 1.807) is 0 Å². The third kappa shape index (κ3) is 4.21. The number of nitrogens with one attached hydrogen (secondary N) is 2. The van der Waals surface area contributed by atoms with Gasteiger partial charge < -0.3 is 20.3 Å². The fraction of sp³-hybridized carbons (Fsp3) is 0.318. The molecule has 0 fully saturated rings. The molecule has 0 saturated carbocycles. The maximum atomic E-state index is 12.1. The summed E-state index contributed by atoms with van der Waals surface area (Å²) in [4.78, 5) is 21.8. The number of aromatic nitrogens is 3. The Hall–Kier alpha value is -3.03. The molecule has 7 nitrogen and oxygen atoms in total. The molecule has 0 bridgehead atoms. The Labute approximate surface area is 168 Å². The highest BCUT2D eigenvalue weighted by molar-refractivity contribution is 6.06. The molecule has 0 aliphatic carbocycles. The van der Waals surface area contributed by atoms with Gasteiger partial charge in [-0.15, -0.1) is 0 Å². The molecule has 29 heavy (non-hydrogen) atoms. The van der Waals surface area contributed by atoms with Gasteiger partial charge in [-0.1, -0.05) is 30.3 Å².